The van der Waals surface area contributed by atoms with E-state index in [-0.39, 0.29) is 4.47 Å². The second-order valence-corrected chi connectivity index (χ2v) is 4.83. The van der Waals surface area contributed by atoms with Crippen molar-refractivity contribution in [2.24, 2.45) is 0 Å². The number of nitrogens with zero attached hydrogens (tertiary/aromatic N) is 2. The Morgan fingerprint density at radius 2 is 2.15 bits per heavy atom. The molecule has 1 N–H and O–H groups in total. The molecule has 0 bridgehead atoms. The monoisotopic (exact) mass is 351 g/mol. The van der Waals surface area contributed by atoms with Gasteiger partial charge >= 0.3 is 6.18 Å². The average Bonchev–Trinajstić information content (AvgIpc) is 2.36. The van der Waals surface area contributed by atoms with Gasteiger partial charge in [-0.25, -0.2) is 4.68 Å². The number of nitrogens with one attached hydrogen (secondary N) is 1. The molecule has 0 atom stereocenters. The molecule has 1 aromatic rings. The van der Waals surface area contributed by atoms with Crippen LogP contribution in [0.1, 0.15) is 19.3 Å². The van der Waals surface area contributed by atoms with Crippen molar-refractivity contribution in [2.45, 2.75) is 32.0 Å². The fraction of sp³-hybridized carbons (Fsp3) is 0.500. The molecule has 8 heteroatoms. The highest BCUT2D eigenvalue weighted by Gasteiger charge is 2.29. The first-order valence-corrected chi connectivity index (χ1v) is 6.64. The van der Waals surface area contributed by atoms with Gasteiger partial charge < -0.3 is 5.32 Å². The average molecular weight is 352 g/mol. The lowest BCUT2D eigenvalue weighted by Gasteiger charge is -2.11. The largest absolute Gasteiger partial charge is 0.408 e. The van der Waals surface area contributed by atoms with Crippen LogP contribution in [0, 0.1) is 12.3 Å². The Morgan fingerprint density at radius 3 is 2.75 bits per heavy atom. The molecular weight excluding hydrogens is 339 g/mol. The number of hydrogen-bond acceptors (Lipinski definition) is 3. The molecule has 1 rings (SSSR count). The number of hydrogen-bond donors (Lipinski definition) is 1. The highest BCUT2D eigenvalue weighted by Crippen LogP contribution is 2.19. The number of terminal acetylenes is 1. The molecule has 0 aliphatic rings. The van der Waals surface area contributed by atoms with Crippen LogP contribution in [0.25, 0.3) is 0 Å². The molecule has 1 aromatic heterocycles. The van der Waals surface area contributed by atoms with Crippen LogP contribution in [0.2, 0.25) is 0 Å². The summed E-state index contributed by atoms with van der Waals surface area (Å²) in [6.45, 7) is -0.850. The number of unbranched alkanes of at least 4 members (excludes halogenated alkanes) is 2. The van der Waals surface area contributed by atoms with Gasteiger partial charge in [0.2, 0.25) is 0 Å². The van der Waals surface area contributed by atoms with Gasteiger partial charge in [0.05, 0.1) is 11.9 Å². The topological polar surface area (TPSA) is 46.9 Å². The van der Waals surface area contributed by atoms with Crippen LogP contribution in [0.15, 0.2) is 15.5 Å². The van der Waals surface area contributed by atoms with Gasteiger partial charge in [0.15, 0.2) is 0 Å². The summed E-state index contributed by atoms with van der Waals surface area (Å²) in [7, 11) is 0. The van der Waals surface area contributed by atoms with Crippen molar-refractivity contribution in [3.63, 3.8) is 0 Å². The number of anilines is 1. The quantitative estimate of drug-likeness (QED) is 0.633. The van der Waals surface area contributed by atoms with Gasteiger partial charge in [-0.2, -0.15) is 18.3 Å². The van der Waals surface area contributed by atoms with Gasteiger partial charge in [0, 0.05) is 13.0 Å². The number of rotatable bonds is 6. The molecule has 0 saturated heterocycles. The van der Waals surface area contributed by atoms with Crippen molar-refractivity contribution in [1.29, 1.82) is 0 Å². The molecule has 0 spiro atoms. The van der Waals surface area contributed by atoms with Gasteiger partial charge in [-0.05, 0) is 28.8 Å². The smallest absolute Gasteiger partial charge is 0.383 e. The SMILES string of the molecule is C#CCCCCNc1cnn(CC(F)(F)F)c(=O)c1Br. The van der Waals surface area contributed by atoms with E-state index >= 15 is 0 Å². The fourth-order valence-electron chi connectivity index (χ4n) is 1.45. The number of alkyl halides is 3. The summed E-state index contributed by atoms with van der Waals surface area (Å²) in [4.78, 5) is 11.7. The predicted molar refractivity (Wildman–Crippen MR) is 73.4 cm³/mol. The third kappa shape index (κ3) is 5.25. The molecule has 20 heavy (non-hydrogen) atoms. The molecule has 110 valence electrons. The van der Waals surface area contributed by atoms with E-state index in [0.29, 0.717) is 23.3 Å². The highest BCUT2D eigenvalue weighted by molar-refractivity contribution is 9.10. The maximum Gasteiger partial charge on any atom is 0.408 e. The van der Waals surface area contributed by atoms with E-state index in [1.54, 1.807) is 0 Å². The molecule has 0 unspecified atom stereocenters. The standard InChI is InChI=1S/C12H13BrF3N3O/c1-2-3-4-5-6-17-9-7-18-19(8-12(14,15)16)11(20)10(9)13/h1,7,17H,3-6,8H2. The molecular formula is C12H13BrF3N3O. The van der Waals surface area contributed by atoms with Crippen LogP contribution in [0.4, 0.5) is 18.9 Å². The lowest BCUT2D eigenvalue weighted by Crippen LogP contribution is -2.31. The molecule has 0 aliphatic carbocycles. The van der Waals surface area contributed by atoms with Gasteiger partial charge in [0.25, 0.3) is 5.56 Å². The Labute approximate surface area is 122 Å². The lowest BCUT2D eigenvalue weighted by molar-refractivity contribution is -0.143. The van der Waals surface area contributed by atoms with Gasteiger partial charge in [-0.1, -0.05) is 0 Å². The first-order chi connectivity index (χ1) is 9.35. The van der Waals surface area contributed by atoms with Crippen LogP contribution in [0.5, 0.6) is 0 Å². The van der Waals surface area contributed by atoms with Gasteiger partial charge in [-0.15, -0.1) is 12.3 Å². The first kappa shape index (κ1) is 16.6. The zero-order valence-electron chi connectivity index (χ0n) is 10.5. The summed E-state index contributed by atoms with van der Waals surface area (Å²) >= 11 is 2.99. The third-order valence-electron chi connectivity index (χ3n) is 2.38. The van der Waals surface area contributed by atoms with E-state index in [2.05, 4.69) is 32.3 Å². The Balaban J connectivity index is 2.70. The highest BCUT2D eigenvalue weighted by atomic mass is 79.9. The summed E-state index contributed by atoms with van der Waals surface area (Å²) in [6.07, 6.45) is 4.10. The summed E-state index contributed by atoms with van der Waals surface area (Å²) in [5.41, 5.74) is -0.454. The van der Waals surface area contributed by atoms with Crippen molar-refractivity contribution in [3.8, 4) is 12.3 Å². The first-order valence-electron chi connectivity index (χ1n) is 5.85. The van der Waals surface area contributed by atoms with Crippen molar-refractivity contribution < 1.29 is 13.2 Å². The second kappa shape index (κ2) is 7.33. The minimum atomic E-state index is -4.49. The maximum atomic E-state index is 12.2. The zero-order valence-corrected chi connectivity index (χ0v) is 12.1. The van der Waals surface area contributed by atoms with Crippen LogP contribution in [-0.2, 0) is 6.54 Å². The van der Waals surface area contributed by atoms with Crippen LogP contribution >= 0.6 is 15.9 Å². The molecule has 0 amide bonds. The minimum Gasteiger partial charge on any atom is -0.383 e. The van der Waals surface area contributed by atoms with Crippen molar-refractivity contribution in [2.75, 3.05) is 11.9 Å². The summed E-state index contributed by atoms with van der Waals surface area (Å²) in [5, 5.41) is 6.43. The second-order valence-electron chi connectivity index (χ2n) is 4.04. The molecule has 0 aromatic carbocycles. The molecule has 1 heterocycles. The zero-order chi connectivity index (χ0) is 15.2. The van der Waals surface area contributed by atoms with Gasteiger partial charge in [-0.3, -0.25) is 4.79 Å². The molecule has 4 nitrogen and oxygen atoms in total. The molecule has 0 fully saturated rings. The number of halogens is 4. The Hall–Kier alpha value is -1.49. The van der Waals surface area contributed by atoms with Crippen LogP contribution in [0.3, 0.4) is 0 Å². The van der Waals surface area contributed by atoms with Crippen LogP contribution in [-0.4, -0.2) is 22.5 Å². The minimum absolute atomic E-state index is 0.0358. The van der Waals surface area contributed by atoms with E-state index in [9.17, 15) is 18.0 Å². The third-order valence-corrected chi connectivity index (χ3v) is 3.14. The predicted octanol–water partition coefficient (Wildman–Crippen LogP) is 2.78. The lowest BCUT2D eigenvalue weighted by atomic mass is 10.2. The molecule has 0 radical (unpaired) electrons. The van der Waals surface area contributed by atoms with E-state index in [4.69, 9.17) is 6.42 Å². The molecule has 0 saturated carbocycles. The number of aromatic nitrogens is 2. The summed E-state index contributed by atoms with van der Waals surface area (Å²) in [6, 6.07) is 0. The van der Waals surface area contributed by atoms with E-state index in [1.807, 2.05) is 0 Å². The van der Waals surface area contributed by atoms with Crippen molar-refractivity contribution in [1.82, 2.24) is 9.78 Å². The summed E-state index contributed by atoms with van der Waals surface area (Å²) in [5.74, 6) is 2.51. The van der Waals surface area contributed by atoms with E-state index < -0.39 is 18.3 Å². The fourth-order valence-corrected chi connectivity index (χ4v) is 1.89. The van der Waals surface area contributed by atoms with Gasteiger partial charge in [0.1, 0.15) is 11.0 Å². The van der Waals surface area contributed by atoms with Crippen molar-refractivity contribution in [3.05, 3.63) is 21.0 Å². The van der Waals surface area contributed by atoms with Crippen LogP contribution < -0.4 is 10.9 Å². The Kier molecular flexibility index (Phi) is 6.07. The van der Waals surface area contributed by atoms with E-state index in [1.165, 1.54) is 6.20 Å². The Morgan fingerprint density at radius 1 is 1.45 bits per heavy atom. The maximum absolute atomic E-state index is 12.2. The van der Waals surface area contributed by atoms with E-state index in [0.717, 1.165) is 12.8 Å². The normalized spacial score (nSPS) is 11.2. The Bertz CT molecular complexity index is 548. The van der Waals surface area contributed by atoms with Crippen molar-refractivity contribution >= 4 is 21.6 Å². The summed E-state index contributed by atoms with van der Waals surface area (Å²) < 4.78 is 37.1. The molecule has 0 aliphatic heterocycles.